The number of methoxy groups -OCH3 is 1. The fourth-order valence-corrected chi connectivity index (χ4v) is 2.12. The zero-order valence-electron chi connectivity index (χ0n) is 10.7. The number of nitrogens with two attached hydrogens (primary N) is 1. The van der Waals surface area contributed by atoms with Crippen LogP contribution in [0.4, 0.5) is 5.82 Å². The minimum absolute atomic E-state index is 0.0185. The van der Waals surface area contributed by atoms with Crippen molar-refractivity contribution in [1.82, 2.24) is 9.55 Å². The van der Waals surface area contributed by atoms with E-state index >= 15 is 0 Å². The van der Waals surface area contributed by atoms with Crippen molar-refractivity contribution < 1.29 is 24.5 Å². The van der Waals surface area contributed by atoms with E-state index in [2.05, 4.69) is 4.98 Å². The Kier molecular flexibility index (Phi) is 4.14. The molecule has 2 heterocycles. The largest absolute Gasteiger partial charge is 0.394 e. The van der Waals surface area contributed by atoms with Gasteiger partial charge in [-0.15, -0.1) is 0 Å². The van der Waals surface area contributed by atoms with Crippen LogP contribution >= 0.6 is 0 Å². The van der Waals surface area contributed by atoms with Gasteiger partial charge in [0.1, 0.15) is 24.1 Å². The monoisotopic (exact) mass is 285 g/mol. The molecule has 1 aliphatic heterocycles. The van der Waals surface area contributed by atoms with Gasteiger partial charge in [0.05, 0.1) is 12.2 Å². The molecule has 0 aliphatic carbocycles. The first-order chi connectivity index (χ1) is 9.53. The molecule has 2 rings (SSSR count). The Morgan fingerprint density at radius 3 is 2.90 bits per heavy atom. The van der Waals surface area contributed by atoms with E-state index in [-0.39, 0.29) is 11.4 Å². The molecule has 9 heteroatoms. The van der Waals surface area contributed by atoms with Gasteiger partial charge < -0.3 is 25.4 Å². The molecule has 1 aliphatic rings. The highest BCUT2D eigenvalue weighted by Crippen LogP contribution is 2.30. The first-order valence-electron chi connectivity index (χ1n) is 5.84. The summed E-state index contributed by atoms with van der Waals surface area (Å²) < 4.78 is 11.5. The summed E-state index contributed by atoms with van der Waals surface area (Å²) in [4.78, 5) is 26.2. The molecule has 9 nitrogen and oxygen atoms in total. The maximum absolute atomic E-state index is 11.8. The van der Waals surface area contributed by atoms with Crippen molar-refractivity contribution in [3.63, 3.8) is 0 Å². The third-order valence-corrected chi connectivity index (χ3v) is 3.18. The van der Waals surface area contributed by atoms with Gasteiger partial charge in [0, 0.05) is 13.3 Å². The zero-order chi connectivity index (χ0) is 14.9. The molecule has 1 aromatic heterocycles. The van der Waals surface area contributed by atoms with Crippen LogP contribution in [0.5, 0.6) is 0 Å². The van der Waals surface area contributed by atoms with E-state index in [0.717, 1.165) is 4.57 Å². The van der Waals surface area contributed by atoms with Crippen molar-refractivity contribution in [2.75, 3.05) is 19.5 Å². The summed E-state index contributed by atoms with van der Waals surface area (Å²) in [5.74, 6) is -0.188. The average Bonchev–Trinajstić information content (AvgIpc) is 2.75. The minimum Gasteiger partial charge on any atom is -0.394 e. The molecule has 20 heavy (non-hydrogen) atoms. The molecule has 4 atom stereocenters. The predicted molar refractivity (Wildman–Crippen MR) is 66.1 cm³/mol. The molecule has 1 aromatic rings. The molecule has 4 N–H and O–H groups in total. The number of aliphatic hydroxyl groups is 2. The Balaban J connectivity index is 2.45. The lowest BCUT2D eigenvalue weighted by atomic mass is 10.1. The number of aldehydes is 1. The molecule has 0 amide bonds. The predicted octanol–water partition coefficient (Wildman–Crippen LogP) is -2.10. The summed E-state index contributed by atoms with van der Waals surface area (Å²) in [5, 5.41) is 19.0. The van der Waals surface area contributed by atoms with Crippen LogP contribution in [-0.4, -0.2) is 58.1 Å². The Morgan fingerprint density at radius 1 is 1.65 bits per heavy atom. The molecule has 0 radical (unpaired) electrons. The molecule has 1 fully saturated rings. The number of nitrogens with zero attached hydrogens (tertiary/aromatic N) is 2. The Morgan fingerprint density at radius 2 is 2.35 bits per heavy atom. The summed E-state index contributed by atoms with van der Waals surface area (Å²) in [6.07, 6.45) is -2.26. The molecule has 1 saturated heterocycles. The smallest absolute Gasteiger partial charge is 0.351 e. The molecular weight excluding hydrogens is 270 g/mol. The number of anilines is 1. The Hall–Kier alpha value is -1.81. The highest BCUT2D eigenvalue weighted by molar-refractivity contribution is 5.80. The van der Waals surface area contributed by atoms with E-state index in [1.165, 1.54) is 13.3 Å². The Bertz CT molecular complexity index is 560. The first kappa shape index (κ1) is 14.6. The van der Waals surface area contributed by atoms with Crippen LogP contribution in [0.25, 0.3) is 0 Å². The van der Waals surface area contributed by atoms with Crippen LogP contribution in [0.1, 0.15) is 16.6 Å². The summed E-state index contributed by atoms with van der Waals surface area (Å²) in [7, 11) is 1.33. The first-order valence-corrected chi connectivity index (χ1v) is 5.84. The lowest BCUT2D eigenvalue weighted by Gasteiger charge is -2.20. The van der Waals surface area contributed by atoms with E-state index in [0.29, 0.717) is 6.29 Å². The normalized spacial score (nSPS) is 29.6. The SMILES string of the molecule is CO[C@H]1C(O)[C@@H](CO)O[C@H]1n1cc(C=O)c(N)nc1=O. The van der Waals surface area contributed by atoms with E-state index in [9.17, 15) is 14.7 Å². The molecule has 0 aromatic carbocycles. The van der Waals surface area contributed by atoms with E-state index in [1.807, 2.05) is 0 Å². The third-order valence-electron chi connectivity index (χ3n) is 3.18. The van der Waals surface area contributed by atoms with Gasteiger partial charge in [0.25, 0.3) is 0 Å². The fourth-order valence-electron chi connectivity index (χ4n) is 2.12. The van der Waals surface area contributed by atoms with Crippen molar-refractivity contribution >= 4 is 12.1 Å². The maximum Gasteiger partial charge on any atom is 0.351 e. The van der Waals surface area contributed by atoms with Gasteiger partial charge in [0.15, 0.2) is 12.5 Å². The molecule has 0 bridgehead atoms. The molecule has 110 valence electrons. The third kappa shape index (κ3) is 2.31. The van der Waals surface area contributed by atoms with Gasteiger partial charge in [-0.05, 0) is 0 Å². The van der Waals surface area contributed by atoms with Gasteiger partial charge in [-0.25, -0.2) is 4.79 Å². The molecule has 0 spiro atoms. The van der Waals surface area contributed by atoms with Gasteiger partial charge in [-0.1, -0.05) is 0 Å². The molecule has 0 saturated carbocycles. The van der Waals surface area contributed by atoms with Gasteiger partial charge in [-0.2, -0.15) is 4.98 Å². The van der Waals surface area contributed by atoms with Crippen molar-refractivity contribution in [3.05, 3.63) is 22.2 Å². The highest BCUT2D eigenvalue weighted by Gasteiger charge is 2.45. The number of ether oxygens (including phenoxy) is 2. The molecule has 1 unspecified atom stereocenters. The lowest BCUT2D eigenvalue weighted by Crippen LogP contribution is -2.37. The maximum atomic E-state index is 11.8. The van der Waals surface area contributed by atoms with E-state index < -0.39 is 36.8 Å². The number of carbonyl (C=O) groups excluding carboxylic acids is 1. The number of rotatable bonds is 4. The number of hydrogen-bond donors (Lipinski definition) is 3. The van der Waals surface area contributed by atoms with Crippen molar-refractivity contribution in [3.8, 4) is 0 Å². The van der Waals surface area contributed by atoms with Crippen LogP contribution in [0, 0.1) is 0 Å². The van der Waals surface area contributed by atoms with Crippen molar-refractivity contribution in [2.24, 2.45) is 0 Å². The van der Waals surface area contributed by atoms with Crippen LogP contribution in [0.2, 0.25) is 0 Å². The summed E-state index contributed by atoms with van der Waals surface area (Å²) in [6, 6.07) is 0. The number of nitrogen functional groups attached to an aromatic ring is 1. The number of aliphatic hydroxyl groups excluding tert-OH is 2. The van der Waals surface area contributed by atoms with Crippen LogP contribution in [-0.2, 0) is 9.47 Å². The van der Waals surface area contributed by atoms with Gasteiger partial charge in [0.2, 0.25) is 0 Å². The lowest BCUT2D eigenvalue weighted by molar-refractivity contribution is -0.0624. The number of aromatic nitrogens is 2. The quantitative estimate of drug-likeness (QED) is 0.535. The van der Waals surface area contributed by atoms with Crippen LogP contribution < -0.4 is 11.4 Å². The second-order valence-corrected chi connectivity index (χ2v) is 4.33. The van der Waals surface area contributed by atoms with E-state index in [4.69, 9.17) is 20.3 Å². The number of hydrogen-bond acceptors (Lipinski definition) is 8. The second-order valence-electron chi connectivity index (χ2n) is 4.33. The summed E-state index contributed by atoms with van der Waals surface area (Å²) in [5.41, 5.74) is 4.70. The topological polar surface area (TPSA) is 137 Å². The molecular formula is C11H15N3O6. The second kappa shape index (κ2) is 5.67. The average molecular weight is 285 g/mol. The van der Waals surface area contributed by atoms with Crippen molar-refractivity contribution in [1.29, 1.82) is 0 Å². The van der Waals surface area contributed by atoms with Crippen molar-refractivity contribution in [2.45, 2.75) is 24.5 Å². The fraction of sp³-hybridized carbons (Fsp3) is 0.545. The standard InChI is InChI=1S/C11H15N3O6/c1-19-8-7(17)6(4-16)20-10(8)14-2-5(3-15)9(12)13-11(14)18/h2-3,6-8,10,16-17H,4H2,1H3,(H2,12,13,18)/t6-,7?,8+,10-/m1/s1. The number of carbonyl (C=O) groups is 1. The van der Waals surface area contributed by atoms with Gasteiger partial charge >= 0.3 is 5.69 Å². The van der Waals surface area contributed by atoms with E-state index in [1.54, 1.807) is 0 Å². The highest BCUT2D eigenvalue weighted by atomic mass is 16.6. The minimum atomic E-state index is -1.11. The summed E-state index contributed by atoms with van der Waals surface area (Å²) in [6.45, 7) is -0.435. The zero-order valence-corrected chi connectivity index (χ0v) is 10.7. The van der Waals surface area contributed by atoms with Gasteiger partial charge in [-0.3, -0.25) is 9.36 Å². The summed E-state index contributed by atoms with van der Waals surface area (Å²) >= 11 is 0. The van der Waals surface area contributed by atoms with Crippen LogP contribution in [0.15, 0.2) is 11.0 Å². The Labute approximate surface area is 113 Å². The van der Waals surface area contributed by atoms with Crippen LogP contribution in [0.3, 0.4) is 0 Å².